The average molecular weight is 375 g/mol. The van der Waals surface area contributed by atoms with Gasteiger partial charge in [0.25, 0.3) is 5.91 Å². The Bertz CT molecular complexity index is 883. The number of amides is 1. The van der Waals surface area contributed by atoms with Gasteiger partial charge in [-0.1, -0.05) is 12.1 Å². The topological polar surface area (TPSA) is 33.2 Å². The summed E-state index contributed by atoms with van der Waals surface area (Å²) in [7, 11) is 1.82. The molecule has 0 saturated carbocycles. The number of carbonyl (C=O) groups excluding carboxylic acids is 1. The van der Waals surface area contributed by atoms with E-state index in [1.165, 1.54) is 33.9 Å². The molecule has 0 N–H and O–H groups in total. The Hall–Kier alpha value is -2.05. The van der Waals surface area contributed by atoms with E-state index < -0.39 is 0 Å². The van der Waals surface area contributed by atoms with Crippen LogP contribution in [0, 0.1) is 19.7 Å². The number of carbonyl (C=O) groups is 1. The van der Waals surface area contributed by atoms with Gasteiger partial charge in [0.2, 0.25) is 0 Å². The first-order chi connectivity index (χ1) is 11.9. The quantitative estimate of drug-likeness (QED) is 0.641. The van der Waals surface area contributed by atoms with Crippen molar-refractivity contribution in [1.82, 2.24) is 9.88 Å². The fourth-order valence-corrected chi connectivity index (χ4v) is 4.58. The van der Waals surface area contributed by atoms with Crippen molar-refractivity contribution in [1.29, 1.82) is 0 Å². The molecule has 0 fully saturated rings. The highest BCUT2D eigenvalue weighted by Gasteiger charge is 2.20. The molecule has 3 rings (SSSR count). The van der Waals surface area contributed by atoms with E-state index in [0.29, 0.717) is 17.8 Å². The predicted octanol–water partition coefficient (Wildman–Crippen LogP) is 4.82. The zero-order valence-corrected chi connectivity index (χ0v) is 16.0. The Morgan fingerprint density at radius 3 is 2.56 bits per heavy atom. The molecular formula is C19H19FN2OS2. The second-order valence-electron chi connectivity index (χ2n) is 6.01. The number of thiazole rings is 1. The number of hydrogen-bond donors (Lipinski definition) is 0. The van der Waals surface area contributed by atoms with Gasteiger partial charge >= 0.3 is 0 Å². The highest BCUT2D eigenvalue weighted by atomic mass is 32.1. The smallest absolute Gasteiger partial charge is 0.265 e. The van der Waals surface area contributed by atoms with E-state index in [-0.39, 0.29) is 11.7 Å². The first kappa shape index (κ1) is 17.8. The molecule has 0 saturated heterocycles. The van der Waals surface area contributed by atoms with E-state index in [1.807, 2.05) is 19.4 Å². The van der Waals surface area contributed by atoms with Crippen LogP contribution in [0.4, 0.5) is 4.39 Å². The van der Waals surface area contributed by atoms with Crippen LogP contribution in [-0.2, 0) is 13.0 Å². The number of halogens is 1. The molecule has 2 heterocycles. The van der Waals surface area contributed by atoms with E-state index in [0.717, 1.165) is 16.3 Å². The highest BCUT2D eigenvalue weighted by molar-refractivity contribution is 7.13. The summed E-state index contributed by atoms with van der Waals surface area (Å²) in [5.74, 6) is -0.256. The molecule has 0 atom stereocenters. The summed E-state index contributed by atoms with van der Waals surface area (Å²) < 4.78 is 13.0. The molecule has 3 aromatic rings. The van der Waals surface area contributed by atoms with Crippen LogP contribution in [0.3, 0.4) is 0 Å². The second-order valence-corrected chi connectivity index (χ2v) is 8.10. The van der Waals surface area contributed by atoms with E-state index in [1.54, 1.807) is 28.4 Å². The predicted molar refractivity (Wildman–Crippen MR) is 101 cm³/mol. The van der Waals surface area contributed by atoms with Gasteiger partial charge in [0.15, 0.2) is 0 Å². The summed E-state index contributed by atoms with van der Waals surface area (Å²) >= 11 is 3.09. The Labute approximate surface area is 154 Å². The third-order valence-electron chi connectivity index (χ3n) is 4.00. The zero-order valence-electron chi connectivity index (χ0n) is 14.4. The number of aromatic nitrogens is 1. The summed E-state index contributed by atoms with van der Waals surface area (Å²) in [5.41, 5.74) is 2.95. The van der Waals surface area contributed by atoms with Gasteiger partial charge in [-0.2, -0.15) is 0 Å². The third-order valence-corrected chi connectivity index (χ3v) is 6.15. The van der Waals surface area contributed by atoms with Crippen molar-refractivity contribution in [2.24, 2.45) is 0 Å². The van der Waals surface area contributed by atoms with Gasteiger partial charge < -0.3 is 4.90 Å². The molecule has 2 aromatic heterocycles. The maximum Gasteiger partial charge on any atom is 0.265 e. The second kappa shape index (κ2) is 7.45. The Morgan fingerprint density at radius 2 is 1.92 bits per heavy atom. The number of hydrogen-bond acceptors (Lipinski definition) is 4. The summed E-state index contributed by atoms with van der Waals surface area (Å²) in [5, 5.41) is 2.91. The number of nitrogens with zero attached hydrogens (tertiary/aromatic N) is 2. The molecule has 0 radical (unpaired) electrons. The van der Waals surface area contributed by atoms with Crippen molar-refractivity contribution in [2.45, 2.75) is 26.8 Å². The van der Waals surface area contributed by atoms with Gasteiger partial charge in [0.1, 0.15) is 10.7 Å². The summed E-state index contributed by atoms with van der Waals surface area (Å²) in [6.07, 6.45) is 0.604. The Balaban J connectivity index is 1.73. The van der Waals surface area contributed by atoms with Crippen LogP contribution < -0.4 is 0 Å². The maximum absolute atomic E-state index is 13.0. The van der Waals surface area contributed by atoms with Gasteiger partial charge in [-0.15, -0.1) is 22.7 Å². The van der Waals surface area contributed by atoms with Crippen molar-refractivity contribution in [3.05, 3.63) is 73.1 Å². The Kier molecular flexibility index (Phi) is 5.30. The molecule has 3 nitrogen and oxygen atoms in total. The fourth-order valence-electron chi connectivity index (χ4n) is 2.53. The average Bonchev–Trinajstić information content (AvgIpc) is 3.15. The van der Waals surface area contributed by atoms with Crippen molar-refractivity contribution in [3.8, 4) is 0 Å². The molecule has 1 amide bonds. The SMILES string of the molecule is Cc1ccsc1CN(C)C(=O)c1sc(Cc2ccc(F)cc2)nc1C. The molecule has 6 heteroatoms. The van der Waals surface area contributed by atoms with Crippen LogP contribution in [0.15, 0.2) is 35.7 Å². The summed E-state index contributed by atoms with van der Waals surface area (Å²) in [6.45, 7) is 4.53. The molecule has 0 aliphatic carbocycles. The van der Waals surface area contributed by atoms with Crippen molar-refractivity contribution in [2.75, 3.05) is 7.05 Å². The summed E-state index contributed by atoms with van der Waals surface area (Å²) in [4.78, 5) is 20.9. The minimum Gasteiger partial charge on any atom is -0.336 e. The van der Waals surface area contributed by atoms with Crippen LogP contribution in [0.25, 0.3) is 0 Å². The van der Waals surface area contributed by atoms with E-state index in [9.17, 15) is 9.18 Å². The standard InChI is InChI=1S/C19H19FN2OS2/c1-12-8-9-24-16(12)11-22(3)19(23)18-13(2)21-17(25-18)10-14-4-6-15(20)7-5-14/h4-9H,10-11H2,1-3H3. The lowest BCUT2D eigenvalue weighted by Gasteiger charge is -2.16. The fraction of sp³-hybridized carbons (Fsp3) is 0.263. The van der Waals surface area contributed by atoms with E-state index in [4.69, 9.17) is 0 Å². The normalized spacial score (nSPS) is 10.9. The number of rotatable bonds is 5. The molecule has 0 unspecified atom stereocenters. The molecule has 0 aliphatic rings. The molecule has 0 aliphatic heterocycles. The molecule has 0 spiro atoms. The molecular weight excluding hydrogens is 355 g/mol. The zero-order chi connectivity index (χ0) is 18.0. The first-order valence-corrected chi connectivity index (χ1v) is 9.63. The molecule has 1 aromatic carbocycles. The lowest BCUT2D eigenvalue weighted by atomic mass is 10.1. The number of benzene rings is 1. The van der Waals surface area contributed by atoms with Crippen molar-refractivity contribution >= 4 is 28.6 Å². The van der Waals surface area contributed by atoms with Crippen molar-refractivity contribution in [3.63, 3.8) is 0 Å². The van der Waals surface area contributed by atoms with Crippen molar-refractivity contribution < 1.29 is 9.18 Å². The molecule has 130 valence electrons. The molecule has 0 bridgehead atoms. The van der Waals surface area contributed by atoms with E-state index in [2.05, 4.69) is 18.0 Å². The minimum absolute atomic E-state index is 0.00634. The number of thiophene rings is 1. The minimum atomic E-state index is -0.250. The van der Waals surface area contributed by atoms with Crippen LogP contribution >= 0.6 is 22.7 Å². The lowest BCUT2D eigenvalue weighted by Crippen LogP contribution is -2.25. The van der Waals surface area contributed by atoms with Crippen LogP contribution in [-0.4, -0.2) is 22.8 Å². The Morgan fingerprint density at radius 1 is 1.20 bits per heavy atom. The molecule has 25 heavy (non-hydrogen) atoms. The van der Waals surface area contributed by atoms with Gasteiger partial charge in [-0.3, -0.25) is 4.79 Å². The summed E-state index contributed by atoms with van der Waals surface area (Å²) in [6, 6.07) is 8.45. The van der Waals surface area contributed by atoms with Gasteiger partial charge in [0, 0.05) is 18.3 Å². The number of aryl methyl sites for hydroxylation is 2. The van der Waals surface area contributed by atoms with Crippen LogP contribution in [0.5, 0.6) is 0 Å². The van der Waals surface area contributed by atoms with Crippen LogP contribution in [0.2, 0.25) is 0 Å². The van der Waals surface area contributed by atoms with Gasteiger partial charge in [-0.05, 0) is 48.6 Å². The largest absolute Gasteiger partial charge is 0.336 e. The maximum atomic E-state index is 13.0. The highest BCUT2D eigenvalue weighted by Crippen LogP contribution is 2.24. The van der Waals surface area contributed by atoms with Gasteiger partial charge in [-0.25, -0.2) is 9.37 Å². The van der Waals surface area contributed by atoms with E-state index >= 15 is 0 Å². The monoisotopic (exact) mass is 374 g/mol. The first-order valence-electron chi connectivity index (χ1n) is 7.93. The van der Waals surface area contributed by atoms with Gasteiger partial charge in [0.05, 0.1) is 17.2 Å². The lowest BCUT2D eigenvalue weighted by molar-refractivity contribution is 0.0790. The van der Waals surface area contributed by atoms with Crippen LogP contribution in [0.1, 0.15) is 36.4 Å². The third kappa shape index (κ3) is 4.14.